The number of nitrogens with one attached hydrogen (secondary N) is 1. The van der Waals surface area contributed by atoms with Gasteiger partial charge in [-0.3, -0.25) is 4.98 Å². The number of aromatic amines is 1. The van der Waals surface area contributed by atoms with Crippen LogP contribution < -0.4 is 0 Å². The fourth-order valence-electron chi connectivity index (χ4n) is 1.78. The maximum atomic E-state index is 4.32. The average Bonchev–Trinajstić information content (AvgIpc) is 2.69. The molecule has 0 fully saturated rings. The molecule has 1 aromatic carbocycles. The van der Waals surface area contributed by atoms with Gasteiger partial charge in [0.05, 0.1) is 11.0 Å². The zero-order valence-electron chi connectivity index (χ0n) is 8.64. The molecule has 1 radical (unpaired) electrons. The molecule has 0 aliphatic carbocycles. The van der Waals surface area contributed by atoms with E-state index in [-0.39, 0.29) is 0 Å². The van der Waals surface area contributed by atoms with Crippen LogP contribution in [-0.2, 0) is 0 Å². The van der Waals surface area contributed by atoms with Gasteiger partial charge in [0.1, 0.15) is 5.82 Å². The lowest BCUT2D eigenvalue weighted by Gasteiger charge is -1.99. The van der Waals surface area contributed by atoms with Crippen LogP contribution in [0.1, 0.15) is 5.82 Å². The molecule has 0 spiro atoms. The molecule has 0 atom stereocenters. The number of nitrogens with zero attached hydrogens (tertiary/aromatic N) is 2. The Morgan fingerprint density at radius 1 is 1.00 bits per heavy atom. The van der Waals surface area contributed by atoms with Gasteiger partial charge >= 0.3 is 0 Å². The van der Waals surface area contributed by atoms with Crippen LogP contribution in [0.4, 0.5) is 0 Å². The number of fused-ring (bicyclic) bond motifs is 1. The number of hydrogen-bond acceptors (Lipinski definition) is 2. The summed E-state index contributed by atoms with van der Waals surface area (Å²) in [5, 5.41) is 0. The Balaban J connectivity index is 2.18. The Morgan fingerprint density at radius 2 is 1.81 bits per heavy atom. The van der Waals surface area contributed by atoms with Crippen molar-refractivity contribution >= 4 is 11.0 Å². The molecule has 0 amide bonds. The monoisotopic (exact) mass is 208 g/mol. The van der Waals surface area contributed by atoms with Crippen molar-refractivity contribution in [2.24, 2.45) is 0 Å². The molecule has 77 valence electrons. The van der Waals surface area contributed by atoms with Crippen LogP contribution in [0.2, 0.25) is 0 Å². The molecule has 0 aliphatic rings. The summed E-state index contributed by atoms with van der Waals surface area (Å²) >= 11 is 0. The summed E-state index contributed by atoms with van der Waals surface area (Å²) in [6.45, 7) is 3.78. The van der Waals surface area contributed by atoms with Gasteiger partial charge in [-0.1, -0.05) is 6.07 Å². The Hall–Kier alpha value is -2.16. The molecule has 3 aromatic rings. The van der Waals surface area contributed by atoms with Gasteiger partial charge in [0.25, 0.3) is 0 Å². The standard InChI is InChI=1S/C13H10N3/c1-9-15-12-3-2-11(8-13(12)16-9)10-4-6-14-7-5-10/h2-8H,1H2,(H,15,16). The first-order valence-electron chi connectivity index (χ1n) is 5.05. The van der Waals surface area contributed by atoms with Crippen molar-refractivity contribution in [1.82, 2.24) is 15.0 Å². The molecule has 1 N–H and O–H groups in total. The Kier molecular flexibility index (Phi) is 1.96. The van der Waals surface area contributed by atoms with Crippen LogP contribution in [0, 0.1) is 6.92 Å². The zero-order chi connectivity index (χ0) is 11.0. The van der Waals surface area contributed by atoms with E-state index in [0.717, 1.165) is 22.2 Å². The minimum absolute atomic E-state index is 0.696. The van der Waals surface area contributed by atoms with Gasteiger partial charge < -0.3 is 4.98 Å². The molecule has 16 heavy (non-hydrogen) atoms. The quantitative estimate of drug-likeness (QED) is 0.668. The van der Waals surface area contributed by atoms with Crippen molar-refractivity contribution in [1.29, 1.82) is 0 Å². The Labute approximate surface area is 93.2 Å². The molecule has 3 heteroatoms. The summed E-state index contributed by atoms with van der Waals surface area (Å²) in [4.78, 5) is 11.4. The van der Waals surface area contributed by atoms with E-state index in [1.165, 1.54) is 0 Å². The highest BCUT2D eigenvalue weighted by Crippen LogP contribution is 2.22. The van der Waals surface area contributed by atoms with Crippen LogP contribution in [0.5, 0.6) is 0 Å². The number of pyridine rings is 1. The lowest BCUT2D eigenvalue weighted by Crippen LogP contribution is -1.78. The molecule has 2 heterocycles. The predicted octanol–water partition coefficient (Wildman–Crippen LogP) is 2.81. The highest BCUT2D eigenvalue weighted by Gasteiger charge is 2.02. The first-order chi connectivity index (χ1) is 7.83. The average molecular weight is 208 g/mol. The summed E-state index contributed by atoms with van der Waals surface area (Å²) in [6, 6.07) is 10.1. The fraction of sp³-hybridized carbons (Fsp3) is 0. The highest BCUT2D eigenvalue weighted by atomic mass is 14.9. The largest absolute Gasteiger partial charge is 0.342 e. The van der Waals surface area contributed by atoms with E-state index < -0.39 is 0 Å². The Morgan fingerprint density at radius 3 is 2.62 bits per heavy atom. The third-order valence-electron chi connectivity index (χ3n) is 2.55. The summed E-state index contributed by atoms with van der Waals surface area (Å²) < 4.78 is 0. The molecule has 0 unspecified atom stereocenters. The van der Waals surface area contributed by atoms with Crippen molar-refractivity contribution in [3.8, 4) is 11.1 Å². The number of hydrogen-bond donors (Lipinski definition) is 1. The Bertz CT molecular complexity index is 626. The summed E-state index contributed by atoms with van der Waals surface area (Å²) in [5.41, 5.74) is 4.24. The van der Waals surface area contributed by atoms with E-state index in [2.05, 4.69) is 34.0 Å². The molecule has 3 nitrogen and oxygen atoms in total. The van der Waals surface area contributed by atoms with Crippen LogP contribution in [0.3, 0.4) is 0 Å². The maximum absolute atomic E-state index is 4.32. The molecule has 0 saturated heterocycles. The van der Waals surface area contributed by atoms with Gasteiger partial charge in [-0.15, -0.1) is 0 Å². The number of H-pyrrole nitrogens is 1. The maximum Gasteiger partial charge on any atom is 0.107 e. The molecular formula is C13H10N3. The van der Waals surface area contributed by atoms with E-state index in [1.807, 2.05) is 18.2 Å². The zero-order valence-corrected chi connectivity index (χ0v) is 8.64. The van der Waals surface area contributed by atoms with Crippen LogP contribution in [0.15, 0.2) is 42.7 Å². The number of benzene rings is 1. The lowest BCUT2D eigenvalue weighted by molar-refractivity contribution is 1.25. The molecule has 0 bridgehead atoms. The summed E-state index contributed by atoms with van der Waals surface area (Å²) in [6.07, 6.45) is 3.58. The van der Waals surface area contributed by atoms with Crippen molar-refractivity contribution in [2.45, 2.75) is 0 Å². The van der Waals surface area contributed by atoms with Gasteiger partial charge in [0, 0.05) is 19.3 Å². The van der Waals surface area contributed by atoms with Crippen molar-refractivity contribution < 1.29 is 0 Å². The third-order valence-corrected chi connectivity index (χ3v) is 2.55. The summed E-state index contributed by atoms with van der Waals surface area (Å²) in [7, 11) is 0. The lowest BCUT2D eigenvalue weighted by atomic mass is 10.1. The van der Waals surface area contributed by atoms with E-state index >= 15 is 0 Å². The molecule has 2 aromatic heterocycles. The minimum Gasteiger partial charge on any atom is -0.342 e. The second-order valence-corrected chi connectivity index (χ2v) is 3.65. The number of rotatable bonds is 1. The number of aromatic nitrogens is 3. The second kappa shape index (κ2) is 3.45. The molecular weight excluding hydrogens is 198 g/mol. The molecule has 0 aliphatic heterocycles. The van der Waals surface area contributed by atoms with Crippen LogP contribution >= 0.6 is 0 Å². The van der Waals surface area contributed by atoms with Crippen molar-refractivity contribution in [3.05, 3.63) is 55.5 Å². The van der Waals surface area contributed by atoms with E-state index in [1.54, 1.807) is 12.4 Å². The summed E-state index contributed by atoms with van der Waals surface area (Å²) in [5.74, 6) is 0.696. The van der Waals surface area contributed by atoms with E-state index in [0.29, 0.717) is 5.82 Å². The fourth-order valence-corrected chi connectivity index (χ4v) is 1.78. The highest BCUT2D eigenvalue weighted by molar-refractivity contribution is 5.81. The van der Waals surface area contributed by atoms with Gasteiger partial charge in [0.15, 0.2) is 0 Å². The topological polar surface area (TPSA) is 41.6 Å². The van der Waals surface area contributed by atoms with Gasteiger partial charge in [0.2, 0.25) is 0 Å². The van der Waals surface area contributed by atoms with Crippen molar-refractivity contribution in [2.75, 3.05) is 0 Å². The van der Waals surface area contributed by atoms with Gasteiger partial charge in [-0.25, -0.2) is 4.98 Å². The second-order valence-electron chi connectivity index (χ2n) is 3.65. The first kappa shape index (κ1) is 9.09. The van der Waals surface area contributed by atoms with Crippen LogP contribution in [-0.4, -0.2) is 15.0 Å². The van der Waals surface area contributed by atoms with Gasteiger partial charge in [-0.05, 0) is 35.4 Å². The van der Waals surface area contributed by atoms with Gasteiger partial charge in [-0.2, -0.15) is 0 Å². The smallest absolute Gasteiger partial charge is 0.107 e. The van der Waals surface area contributed by atoms with Crippen molar-refractivity contribution in [3.63, 3.8) is 0 Å². The third kappa shape index (κ3) is 1.46. The van der Waals surface area contributed by atoms with E-state index in [9.17, 15) is 0 Å². The van der Waals surface area contributed by atoms with E-state index in [4.69, 9.17) is 0 Å². The molecule has 3 rings (SSSR count). The number of imidazole rings is 1. The SMILES string of the molecule is [CH2]c1nc2cc(-c3ccncc3)ccc2[nH]1. The minimum atomic E-state index is 0.696. The predicted molar refractivity (Wildman–Crippen MR) is 63.8 cm³/mol. The first-order valence-corrected chi connectivity index (χ1v) is 5.05. The van der Waals surface area contributed by atoms with Crippen LogP contribution in [0.25, 0.3) is 22.2 Å². The normalized spacial score (nSPS) is 10.8. The molecule has 0 saturated carbocycles.